The van der Waals surface area contributed by atoms with Crippen molar-refractivity contribution in [2.24, 2.45) is 0 Å². The number of nitrogens with one attached hydrogen (secondary N) is 3. The van der Waals surface area contributed by atoms with Gasteiger partial charge in [-0.25, -0.2) is 4.39 Å². The van der Waals surface area contributed by atoms with E-state index in [2.05, 4.69) is 16.0 Å². The largest absolute Gasteiger partial charge is 0.497 e. The summed E-state index contributed by atoms with van der Waals surface area (Å²) in [7, 11) is 3.02. The first-order valence-electron chi connectivity index (χ1n) is 10.7. The number of rotatable bonds is 11. The Balaban J connectivity index is 1.51. The first kappa shape index (κ1) is 24.0. The predicted molar refractivity (Wildman–Crippen MR) is 120 cm³/mol. The molecular formula is C24H28FN3O5. The van der Waals surface area contributed by atoms with E-state index in [0.29, 0.717) is 35.7 Å². The summed E-state index contributed by atoms with van der Waals surface area (Å²) in [6, 6.07) is 12.0. The molecule has 8 nitrogen and oxygen atoms in total. The normalized spacial score (nSPS) is 13.5. The summed E-state index contributed by atoms with van der Waals surface area (Å²) < 4.78 is 24.2. The van der Waals surface area contributed by atoms with Crippen LogP contribution in [0.4, 0.5) is 4.39 Å². The monoisotopic (exact) mass is 457 g/mol. The summed E-state index contributed by atoms with van der Waals surface area (Å²) in [5, 5.41) is 8.05. The van der Waals surface area contributed by atoms with Gasteiger partial charge >= 0.3 is 0 Å². The highest BCUT2D eigenvalue weighted by Gasteiger charge is 2.50. The Labute approximate surface area is 191 Å². The molecule has 1 fully saturated rings. The van der Waals surface area contributed by atoms with Gasteiger partial charge in [-0.05, 0) is 48.7 Å². The van der Waals surface area contributed by atoms with Crippen LogP contribution < -0.4 is 25.4 Å². The molecule has 1 saturated carbocycles. The molecule has 1 aliphatic carbocycles. The summed E-state index contributed by atoms with van der Waals surface area (Å²) in [6.45, 7) is -0.395. The standard InChI is InChI=1S/C24H28FN3O5/c1-26-21(29)9-10-22(30)28-24(11-12-24)23(31)27-15-16-3-5-18(6-4-16)33-20-8-7-19(32-2)13-17(20)14-25/h3-8,13H,9-12,14-15H2,1-2H3,(H,26,29)(H,27,31)(H,28,30). The van der Waals surface area contributed by atoms with Crippen LogP contribution in [0.25, 0.3) is 0 Å². The number of hydrogen-bond donors (Lipinski definition) is 3. The number of alkyl halides is 1. The fourth-order valence-electron chi connectivity index (χ4n) is 3.26. The Kier molecular flexibility index (Phi) is 7.87. The molecule has 3 rings (SSSR count). The quantitative estimate of drug-likeness (QED) is 0.481. The van der Waals surface area contributed by atoms with E-state index in [1.165, 1.54) is 14.2 Å². The van der Waals surface area contributed by atoms with Crippen LogP contribution in [0.1, 0.15) is 36.8 Å². The van der Waals surface area contributed by atoms with Crippen LogP contribution in [0.2, 0.25) is 0 Å². The fraction of sp³-hybridized carbons (Fsp3) is 0.375. The molecule has 3 amide bonds. The first-order valence-corrected chi connectivity index (χ1v) is 10.7. The van der Waals surface area contributed by atoms with Gasteiger partial charge in [-0.15, -0.1) is 0 Å². The van der Waals surface area contributed by atoms with Crippen LogP contribution in [-0.2, 0) is 27.6 Å². The number of ether oxygens (including phenoxy) is 2. The van der Waals surface area contributed by atoms with Gasteiger partial charge in [-0.1, -0.05) is 12.1 Å². The third kappa shape index (κ3) is 6.44. The van der Waals surface area contributed by atoms with Crippen molar-refractivity contribution in [1.29, 1.82) is 0 Å². The number of amides is 3. The second-order valence-corrected chi connectivity index (χ2v) is 7.84. The summed E-state index contributed by atoms with van der Waals surface area (Å²) in [5.74, 6) is 0.701. The van der Waals surface area contributed by atoms with Crippen molar-refractivity contribution in [1.82, 2.24) is 16.0 Å². The lowest BCUT2D eigenvalue weighted by molar-refractivity contribution is -0.131. The Morgan fingerprint density at radius 1 is 1.00 bits per heavy atom. The average Bonchev–Trinajstić information content (AvgIpc) is 3.62. The van der Waals surface area contributed by atoms with Crippen molar-refractivity contribution in [3.63, 3.8) is 0 Å². The van der Waals surface area contributed by atoms with E-state index in [9.17, 15) is 18.8 Å². The van der Waals surface area contributed by atoms with Crippen molar-refractivity contribution in [3.8, 4) is 17.2 Å². The smallest absolute Gasteiger partial charge is 0.246 e. The lowest BCUT2D eigenvalue weighted by Gasteiger charge is -2.17. The van der Waals surface area contributed by atoms with E-state index in [1.54, 1.807) is 42.5 Å². The van der Waals surface area contributed by atoms with Crippen LogP contribution >= 0.6 is 0 Å². The van der Waals surface area contributed by atoms with Crippen molar-refractivity contribution < 1.29 is 28.2 Å². The number of benzene rings is 2. The molecular weight excluding hydrogens is 429 g/mol. The van der Waals surface area contributed by atoms with Crippen LogP contribution in [0.5, 0.6) is 17.2 Å². The Hall–Kier alpha value is -3.62. The van der Waals surface area contributed by atoms with Gasteiger partial charge in [0.15, 0.2) is 0 Å². The highest BCUT2D eigenvalue weighted by molar-refractivity contribution is 5.94. The maximum atomic E-state index is 13.3. The minimum Gasteiger partial charge on any atom is -0.497 e. The minimum absolute atomic E-state index is 0.0362. The number of methoxy groups -OCH3 is 1. The molecule has 33 heavy (non-hydrogen) atoms. The third-order valence-corrected chi connectivity index (χ3v) is 5.44. The summed E-state index contributed by atoms with van der Waals surface area (Å²) in [4.78, 5) is 35.9. The molecule has 0 aliphatic heterocycles. The van der Waals surface area contributed by atoms with Crippen molar-refractivity contribution in [2.75, 3.05) is 14.2 Å². The second kappa shape index (κ2) is 10.8. The maximum absolute atomic E-state index is 13.3. The fourth-order valence-corrected chi connectivity index (χ4v) is 3.26. The van der Waals surface area contributed by atoms with Crippen LogP contribution in [0, 0.1) is 0 Å². The molecule has 1 aliphatic rings. The lowest BCUT2D eigenvalue weighted by atomic mass is 10.1. The van der Waals surface area contributed by atoms with Gasteiger partial charge in [0, 0.05) is 32.0 Å². The first-order chi connectivity index (χ1) is 15.9. The zero-order valence-corrected chi connectivity index (χ0v) is 18.7. The number of carbonyl (C=O) groups excluding carboxylic acids is 3. The van der Waals surface area contributed by atoms with Gasteiger partial charge in [0.05, 0.1) is 7.11 Å². The van der Waals surface area contributed by atoms with Gasteiger partial charge in [0.1, 0.15) is 29.5 Å². The van der Waals surface area contributed by atoms with Crippen LogP contribution in [0.15, 0.2) is 42.5 Å². The van der Waals surface area contributed by atoms with Gasteiger partial charge in [0.25, 0.3) is 0 Å². The van der Waals surface area contributed by atoms with E-state index in [1.807, 2.05) is 0 Å². The maximum Gasteiger partial charge on any atom is 0.246 e. The molecule has 0 radical (unpaired) electrons. The summed E-state index contributed by atoms with van der Waals surface area (Å²) >= 11 is 0. The van der Waals surface area contributed by atoms with E-state index < -0.39 is 12.2 Å². The van der Waals surface area contributed by atoms with E-state index in [0.717, 1.165) is 5.56 Å². The molecule has 0 spiro atoms. The molecule has 0 atom stereocenters. The third-order valence-electron chi connectivity index (χ3n) is 5.44. The van der Waals surface area contributed by atoms with Crippen molar-refractivity contribution >= 4 is 17.7 Å². The highest BCUT2D eigenvalue weighted by Crippen LogP contribution is 2.36. The Morgan fingerprint density at radius 3 is 2.27 bits per heavy atom. The molecule has 9 heteroatoms. The highest BCUT2D eigenvalue weighted by atomic mass is 19.1. The van der Waals surface area contributed by atoms with E-state index >= 15 is 0 Å². The molecule has 2 aromatic rings. The predicted octanol–water partition coefficient (Wildman–Crippen LogP) is 2.75. The van der Waals surface area contributed by atoms with Crippen LogP contribution in [0.3, 0.4) is 0 Å². The van der Waals surface area contributed by atoms with E-state index in [4.69, 9.17) is 9.47 Å². The molecule has 0 bridgehead atoms. The van der Waals surface area contributed by atoms with Gasteiger partial charge in [-0.3, -0.25) is 14.4 Å². The zero-order chi connectivity index (χ0) is 23.8. The molecule has 0 saturated heterocycles. The summed E-state index contributed by atoms with van der Waals surface area (Å²) in [6.07, 6.45) is 1.25. The molecule has 3 N–H and O–H groups in total. The topological polar surface area (TPSA) is 106 Å². The molecule has 0 heterocycles. The molecule has 2 aromatic carbocycles. The van der Waals surface area contributed by atoms with Crippen molar-refractivity contribution in [3.05, 3.63) is 53.6 Å². The lowest BCUT2D eigenvalue weighted by Crippen LogP contribution is -2.48. The SMILES string of the molecule is CNC(=O)CCC(=O)NC1(C(=O)NCc2ccc(Oc3ccc(OC)cc3CF)cc2)CC1. The number of hydrogen-bond acceptors (Lipinski definition) is 5. The molecule has 0 unspecified atom stereocenters. The van der Waals surface area contributed by atoms with Gasteiger partial charge in [-0.2, -0.15) is 0 Å². The summed E-state index contributed by atoms with van der Waals surface area (Å²) in [5.41, 5.74) is 0.343. The number of halogens is 1. The van der Waals surface area contributed by atoms with Gasteiger partial charge in [0.2, 0.25) is 17.7 Å². The zero-order valence-electron chi connectivity index (χ0n) is 18.7. The molecule has 176 valence electrons. The van der Waals surface area contributed by atoms with Crippen molar-refractivity contribution in [2.45, 2.75) is 44.4 Å². The Bertz CT molecular complexity index is 1010. The van der Waals surface area contributed by atoms with Gasteiger partial charge < -0.3 is 25.4 Å². The Morgan fingerprint density at radius 2 is 1.67 bits per heavy atom. The van der Waals surface area contributed by atoms with E-state index in [-0.39, 0.29) is 37.1 Å². The second-order valence-electron chi connectivity index (χ2n) is 7.84. The van der Waals surface area contributed by atoms with Crippen LogP contribution in [-0.4, -0.2) is 37.4 Å². The minimum atomic E-state index is -0.889. The average molecular weight is 458 g/mol. The number of carbonyl (C=O) groups is 3. The molecule has 0 aromatic heterocycles.